The number of H-pyrrole nitrogens is 1. The lowest BCUT2D eigenvalue weighted by Gasteiger charge is -2.10. The molecule has 2 heterocycles. The molecule has 3 aromatic rings. The molecular formula is C22H24N4O3. The van der Waals surface area contributed by atoms with Gasteiger partial charge in [0.2, 0.25) is 5.91 Å². The number of rotatable bonds is 8. The van der Waals surface area contributed by atoms with Crippen LogP contribution in [0.1, 0.15) is 23.2 Å². The van der Waals surface area contributed by atoms with E-state index in [1.54, 1.807) is 38.6 Å². The second-order valence-electron chi connectivity index (χ2n) is 6.63. The zero-order valence-corrected chi connectivity index (χ0v) is 16.6. The molecule has 0 atom stereocenters. The number of aromatic nitrogens is 3. The smallest absolute Gasteiger partial charge is 0.254 e. The molecule has 0 fully saturated rings. The van der Waals surface area contributed by atoms with E-state index < -0.39 is 0 Å². The molecule has 0 saturated heterocycles. The van der Waals surface area contributed by atoms with Gasteiger partial charge in [-0.25, -0.2) is 4.98 Å². The predicted molar refractivity (Wildman–Crippen MR) is 111 cm³/mol. The molecule has 7 heteroatoms. The number of carbonyl (C=O) groups excluding carboxylic acids is 1. The van der Waals surface area contributed by atoms with Gasteiger partial charge in [-0.2, -0.15) is 0 Å². The van der Waals surface area contributed by atoms with E-state index in [1.807, 2.05) is 24.3 Å². The Hall–Kier alpha value is -3.48. The molecule has 29 heavy (non-hydrogen) atoms. The predicted octanol–water partition coefficient (Wildman–Crippen LogP) is 2.44. The Bertz CT molecular complexity index is 1030. The summed E-state index contributed by atoms with van der Waals surface area (Å²) < 4.78 is 5.31. The quantitative estimate of drug-likeness (QED) is 0.614. The third-order valence-electron chi connectivity index (χ3n) is 4.69. The maximum absolute atomic E-state index is 12.5. The first-order valence-electron chi connectivity index (χ1n) is 9.47. The highest BCUT2D eigenvalue weighted by Crippen LogP contribution is 2.17. The fourth-order valence-corrected chi connectivity index (χ4v) is 3.12. The fourth-order valence-electron chi connectivity index (χ4n) is 3.12. The van der Waals surface area contributed by atoms with E-state index in [9.17, 15) is 9.59 Å². The summed E-state index contributed by atoms with van der Waals surface area (Å²) in [5.74, 6) is 1.21. The molecule has 3 rings (SSSR count). The first kappa shape index (κ1) is 20.3. The van der Waals surface area contributed by atoms with E-state index in [4.69, 9.17) is 4.74 Å². The molecule has 0 aliphatic rings. The molecule has 0 spiro atoms. The highest BCUT2D eigenvalue weighted by Gasteiger charge is 2.12. The van der Waals surface area contributed by atoms with Crippen LogP contribution in [0.5, 0.6) is 5.75 Å². The Kier molecular flexibility index (Phi) is 6.73. The van der Waals surface area contributed by atoms with E-state index in [1.165, 1.54) is 0 Å². The van der Waals surface area contributed by atoms with Crippen molar-refractivity contribution in [2.45, 2.75) is 26.2 Å². The Morgan fingerprint density at radius 2 is 1.90 bits per heavy atom. The number of para-hydroxylation sites is 1. The molecule has 0 aliphatic carbocycles. The number of aromatic amines is 1. The minimum absolute atomic E-state index is 0.100. The molecule has 2 N–H and O–H groups in total. The average Bonchev–Trinajstić information content (AvgIpc) is 2.74. The zero-order chi connectivity index (χ0) is 20.6. The molecule has 0 bridgehead atoms. The summed E-state index contributed by atoms with van der Waals surface area (Å²) in [6.45, 7) is 2.29. The topological polar surface area (TPSA) is 97.0 Å². The standard InChI is InChI=1S/C22H24N4O3/c1-15-18(22(28)26-21(25-15)17-9-12-23-13-10-17)7-8-20(27)24-14-11-16-5-3-4-6-19(16)29-2/h3-6,9-10,12-13H,7-8,11,14H2,1-2H3,(H,24,27)(H,25,26,28). The Labute approximate surface area is 169 Å². The lowest BCUT2D eigenvalue weighted by atomic mass is 10.1. The average molecular weight is 392 g/mol. The van der Waals surface area contributed by atoms with Crippen LogP contribution in [0.3, 0.4) is 0 Å². The van der Waals surface area contributed by atoms with Crippen LogP contribution in [-0.4, -0.2) is 34.5 Å². The van der Waals surface area contributed by atoms with Crippen LogP contribution in [0.15, 0.2) is 53.6 Å². The first-order chi connectivity index (χ1) is 14.1. The number of methoxy groups -OCH3 is 1. The number of pyridine rings is 1. The number of ether oxygens (including phenoxy) is 1. The molecule has 0 radical (unpaired) electrons. The molecular weight excluding hydrogens is 368 g/mol. The van der Waals surface area contributed by atoms with Crippen molar-refractivity contribution in [2.24, 2.45) is 0 Å². The van der Waals surface area contributed by atoms with Crippen molar-refractivity contribution in [3.05, 3.63) is 76.0 Å². The van der Waals surface area contributed by atoms with Crippen molar-refractivity contribution in [3.63, 3.8) is 0 Å². The number of amides is 1. The third-order valence-corrected chi connectivity index (χ3v) is 4.69. The molecule has 0 unspecified atom stereocenters. The van der Waals surface area contributed by atoms with Gasteiger partial charge < -0.3 is 15.0 Å². The summed E-state index contributed by atoms with van der Waals surface area (Å²) in [5, 5.41) is 2.89. The number of carbonyl (C=O) groups is 1. The molecule has 0 aliphatic heterocycles. The van der Waals surface area contributed by atoms with Crippen molar-refractivity contribution in [1.29, 1.82) is 0 Å². The maximum Gasteiger partial charge on any atom is 0.254 e. The lowest BCUT2D eigenvalue weighted by Crippen LogP contribution is -2.27. The van der Waals surface area contributed by atoms with E-state index in [0.717, 1.165) is 16.9 Å². The van der Waals surface area contributed by atoms with Crippen LogP contribution in [0.2, 0.25) is 0 Å². The molecule has 0 saturated carbocycles. The minimum Gasteiger partial charge on any atom is -0.496 e. The van der Waals surface area contributed by atoms with E-state index in [-0.39, 0.29) is 17.9 Å². The second kappa shape index (κ2) is 9.64. The summed E-state index contributed by atoms with van der Waals surface area (Å²) in [7, 11) is 1.63. The number of benzene rings is 1. The van der Waals surface area contributed by atoms with E-state index in [2.05, 4.69) is 20.3 Å². The Morgan fingerprint density at radius 1 is 1.14 bits per heavy atom. The van der Waals surface area contributed by atoms with Gasteiger partial charge in [0.05, 0.1) is 7.11 Å². The molecule has 7 nitrogen and oxygen atoms in total. The normalized spacial score (nSPS) is 10.6. The number of nitrogens with zero attached hydrogens (tertiary/aromatic N) is 2. The number of nitrogens with one attached hydrogen (secondary N) is 2. The van der Waals surface area contributed by atoms with Crippen LogP contribution in [0.4, 0.5) is 0 Å². The first-order valence-corrected chi connectivity index (χ1v) is 9.47. The highest BCUT2D eigenvalue weighted by atomic mass is 16.5. The maximum atomic E-state index is 12.5. The van der Waals surface area contributed by atoms with Crippen LogP contribution < -0.4 is 15.6 Å². The van der Waals surface area contributed by atoms with Gasteiger partial charge in [0.25, 0.3) is 5.56 Å². The van der Waals surface area contributed by atoms with Gasteiger partial charge in [0, 0.05) is 42.2 Å². The van der Waals surface area contributed by atoms with Crippen molar-refractivity contribution < 1.29 is 9.53 Å². The fraction of sp³-hybridized carbons (Fsp3) is 0.273. The Balaban J connectivity index is 1.55. The minimum atomic E-state index is -0.217. The van der Waals surface area contributed by atoms with Crippen molar-refractivity contribution in [1.82, 2.24) is 20.3 Å². The molecule has 1 aromatic carbocycles. The monoisotopic (exact) mass is 392 g/mol. The lowest BCUT2D eigenvalue weighted by molar-refractivity contribution is -0.121. The van der Waals surface area contributed by atoms with E-state index in [0.29, 0.717) is 36.5 Å². The van der Waals surface area contributed by atoms with Gasteiger partial charge in [-0.3, -0.25) is 14.6 Å². The van der Waals surface area contributed by atoms with E-state index >= 15 is 0 Å². The van der Waals surface area contributed by atoms with Gasteiger partial charge in [0.1, 0.15) is 11.6 Å². The summed E-state index contributed by atoms with van der Waals surface area (Å²) in [6.07, 6.45) is 4.54. The number of hydrogen-bond donors (Lipinski definition) is 2. The summed E-state index contributed by atoms with van der Waals surface area (Å²) >= 11 is 0. The summed E-state index contributed by atoms with van der Waals surface area (Å²) in [4.78, 5) is 35.9. The third kappa shape index (κ3) is 5.28. The molecule has 150 valence electrons. The van der Waals surface area contributed by atoms with Gasteiger partial charge in [-0.05, 0) is 43.5 Å². The van der Waals surface area contributed by atoms with Crippen LogP contribution in [-0.2, 0) is 17.6 Å². The number of aryl methyl sites for hydroxylation is 1. The van der Waals surface area contributed by atoms with Crippen LogP contribution in [0, 0.1) is 6.92 Å². The summed E-state index contributed by atoms with van der Waals surface area (Å²) in [5.41, 5.74) is 2.77. The van der Waals surface area contributed by atoms with Gasteiger partial charge in [-0.15, -0.1) is 0 Å². The number of hydrogen-bond acceptors (Lipinski definition) is 5. The van der Waals surface area contributed by atoms with Gasteiger partial charge in [0.15, 0.2) is 0 Å². The van der Waals surface area contributed by atoms with Crippen molar-refractivity contribution >= 4 is 5.91 Å². The van der Waals surface area contributed by atoms with Crippen molar-refractivity contribution in [2.75, 3.05) is 13.7 Å². The largest absolute Gasteiger partial charge is 0.496 e. The highest BCUT2D eigenvalue weighted by molar-refractivity contribution is 5.76. The van der Waals surface area contributed by atoms with Crippen LogP contribution >= 0.6 is 0 Å². The SMILES string of the molecule is COc1ccccc1CCNC(=O)CCc1c(C)nc(-c2ccncc2)[nH]c1=O. The Morgan fingerprint density at radius 3 is 2.62 bits per heavy atom. The molecule has 2 aromatic heterocycles. The van der Waals surface area contributed by atoms with Crippen LogP contribution in [0.25, 0.3) is 11.4 Å². The summed E-state index contributed by atoms with van der Waals surface area (Å²) in [6, 6.07) is 11.3. The molecule has 1 amide bonds. The van der Waals surface area contributed by atoms with Crippen molar-refractivity contribution in [3.8, 4) is 17.1 Å². The second-order valence-corrected chi connectivity index (χ2v) is 6.63. The van der Waals surface area contributed by atoms with Gasteiger partial charge in [-0.1, -0.05) is 18.2 Å². The zero-order valence-electron chi connectivity index (χ0n) is 16.6. The van der Waals surface area contributed by atoms with Gasteiger partial charge >= 0.3 is 0 Å².